The van der Waals surface area contributed by atoms with Crippen molar-refractivity contribution < 1.29 is 4.74 Å². The van der Waals surface area contributed by atoms with Crippen LogP contribution < -0.4 is 5.32 Å². The molecule has 0 aliphatic carbocycles. The Morgan fingerprint density at radius 3 is 2.82 bits per heavy atom. The third-order valence-electron chi connectivity index (χ3n) is 3.94. The molecule has 0 bridgehead atoms. The molecule has 17 heavy (non-hydrogen) atoms. The lowest BCUT2D eigenvalue weighted by Gasteiger charge is -2.31. The van der Waals surface area contributed by atoms with Crippen LogP contribution in [0.1, 0.15) is 39.0 Å². The first-order valence-corrected chi connectivity index (χ1v) is 7.43. The summed E-state index contributed by atoms with van der Waals surface area (Å²) < 4.78 is 5.76. The molecule has 2 unspecified atom stereocenters. The maximum absolute atomic E-state index is 5.76. The van der Waals surface area contributed by atoms with Crippen LogP contribution in [0.4, 0.5) is 0 Å². The summed E-state index contributed by atoms with van der Waals surface area (Å²) in [5.41, 5.74) is 0. The lowest BCUT2D eigenvalue weighted by atomic mass is 9.99. The largest absolute Gasteiger partial charge is 0.377 e. The van der Waals surface area contributed by atoms with E-state index in [2.05, 4.69) is 17.1 Å². The zero-order valence-corrected chi connectivity index (χ0v) is 11.3. The van der Waals surface area contributed by atoms with Crippen LogP contribution in [0, 0.1) is 5.92 Å². The summed E-state index contributed by atoms with van der Waals surface area (Å²) in [6.07, 6.45) is 7.05. The van der Waals surface area contributed by atoms with E-state index in [1.807, 2.05) is 0 Å². The Hall–Kier alpha value is -0.120. The van der Waals surface area contributed by atoms with Crippen molar-refractivity contribution in [3.8, 4) is 0 Å². The Morgan fingerprint density at radius 1 is 1.24 bits per heavy atom. The molecule has 0 aromatic heterocycles. The molecule has 0 aromatic rings. The number of hydrogen-bond donors (Lipinski definition) is 1. The molecule has 2 saturated heterocycles. The van der Waals surface area contributed by atoms with Gasteiger partial charge in [-0.3, -0.25) is 0 Å². The Bertz CT molecular complexity index is 198. The molecule has 0 spiro atoms. The molecule has 0 aromatic carbocycles. The zero-order valence-electron chi connectivity index (χ0n) is 11.3. The van der Waals surface area contributed by atoms with E-state index >= 15 is 0 Å². The summed E-state index contributed by atoms with van der Waals surface area (Å²) in [5.74, 6) is 0.858. The van der Waals surface area contributed by atoms with Crippen LogP contribution in [-0.4, -0.2) is 50.3 Å². The molecule has 2 aliphatic heterocycles. The van der Waals surface area contributed by atoms with Gasteiger partial charge in [-0.05, 0) is 57.7 Å². The SMILES string of the molecule is CCCN(CC1CCCNC1)CC1CCCO1. The van der Waals surface area contributed by atoms with Gasteiger partial charge in [-0.15, -0.1) is 0 Å². The lowest BCUT2D eigenvalue weighted by molar-refractivity contribution is 0.0657. The van der Waals surface area contributed by atoms with E-state index in [1.54, 1.807) is 0 Å². The monoisotopic (exact) mass is 240 g/mol. The van der Waals surface area contributed by atoms with Crippen LogP contribution >= 0.6 is 0 Å². The fraction of sp³-hybridized carbons (Fsp3) is 1.00. The molecule has 2 fully saturated rings. The summed E-state index contributed by atoms with van der Waals surface area (Å²) in [6, 6.07) is 0. The van der Waals surface area contributed by atoms with Crippen molar-refractivity contribution >= 4 is 0 Å². The molecule has 3 nitrogen and oxygen atoms in total. The molecule has 2 aliphatic rings. The maximum Gasteiger partial charge on any atom is 0.0702 e. The number of nitrogens with one attached hydrogen (secondary N) is 1. The zero-order chi connectivity index (χ0) is 11.9. The number of hydrogen-bond acceptors (Lipinski definition) is 3. The number of ether oxygens (including phenoxy) is 1. The van der Waals surface area contributed by atoms with Gasteiger partial charge < -0.3 is 15.0 Å². The molecular weight excluding hydrogens is 212 g/mol. The fourth-order valence-corrected chi connectivity index (χ4v) is 3.09. The summed E-state index contributed by atoms with van der Waals surface area (Å²) in [7, 11) is 0. The van der Waals surface area contributed by atoms with E-state index in [1.165, 1.54) is 58.3 Å². The van der Waals surface area contributed by atoms with Gasteiger partial charge in [-0.25, -0.2) is 0 Å². The Kier molecular flexibility index (Phi) is 5.75. The predicted molar refractivity (Wildman–Crippen MR) is 71.3 cm³/mol. The standard InChI is InChI=1S/C14H28N2O/c1-2-8-16(12-14-6-4-9-17-14)11-13-5-3-7-15-10-13/h13-15H,2-12H2,1H3. The van der Waals surface area contributed by atoms with Gasteiger partial charge in [0.05, 0.1) is 6.10 Å². The van der Waals surface area contributed by atoms with Gasteiger partial charge in [0.15, 0.2) is 0 Å². The Morgan fingerprint density at radius 2 is 2.18 bits per heavy atom. The normalized spacial score (nSPS) is 30.0. The molecule has 2 rings (SSSR count). The third-order valence-corrected chi connectivity index (χ3v) is 3.94. The predicted octanol–water partition coefficient (Wildman–Crippen LogP) is 1.88. The highest BCUT2D eigenvalue weighted by molar-refractivity contribution is 4.76. The second-order valence-corrected chi connectivity index (χ2v) is 5.61. The highest BCUT2D eigenvalue weighted by Gasteiger charge is 2.21. The van der Waals surface area contributed by atoms with Crippen molar-refractivity contribution in [2.45, 2.75) is 45.1 Å². The smallest absolute Gasteiger partial charge is 0.0702 e. The third kappa shape index (κ3) is 4.57. The summed E-state index contributed by atoms with van der Waals surface area (Å²) in [4.78, 5) is 2.63. The maximum atomic E-state index is 5.76. The summed E-state index contributed by atoms with van der Waals surface area (Å²) in [5, 5.41) is 3.52. The summed E-state index contributed by atoms with van der Waals surface area (Å²) >= 11 is 0. The topological polar surface area (TPSA) is 24.5 Å². The van der Waals surface area contributed by atoms with Crippen molar-refractivity contribution in [2.75, 3.05) is 39.3 Å². The lowest BCUT2D eigenvalue weighted by Crippen LogP contribution is -2.41. The van der Waals surface area contributed by atoms with Crippen LogP contribution in [-0.2, 0) is 4.74 Å². The van der Waals surface area contributed by atoms with E-state index in [4.69, 9.17) is 4.74 Å². The Balaban J connectivity index is 1.74. The van der Waals surface area contributed by atoms with E-state index in [0.717, 1.165) is 19.1 Å². The van der Waals surface area contributed by atoms with Crippen LogP contribution in [0.25, 0.3) is 0 Å². The van der Waals surface area contributed by atoms with Gasteiger partial charge >= 0.3 is 0 Å². The number of piperidine rings is 1. The molecule has 0 amide bonds. The second-order valence-electron chi connectivity index (χ2n) is 5.61. The minimum Gasteiger partial charge on any atom is -0.377 e. The van der Waals surface area contributed by atoms with E-state index in [-0.39, 0.29) is 0 Å². The highest BCUT2D eigenvalue weighted by atomic mass is 16.5. The van der Waals surface area contributed by atoms with E-state index in [0.29, 0.717) is 6.10 Å². The average Bonchev–Trinajstić information content (AvgIpc) is 2.83. The van der Waals surface area contributed by atoms with Gasteiger partial charge in [0, 0.05) is 19.7 Å². The fourth-order valence-electron chi connectivity index (χ4n) is 3.09. The minimum absolute atomic E-state index is 0.512. The van der Waals surface area contributed by atoms with Crippen LogP contribution in [0.5, 0.6) is 0 Å². The highest BCUT2D eigenvalue weighted by Crippen LogP contribution is 2.16. The second kappa shape index (κ2) is 7.34. The van der Waals surface area contributed by atoms with Crippen LogP contribution in [0.3, 0.4) is 0 Å². The van der Waals surface area contributed by atoms with Gasteiger partial charge in [0.25, 0.3) is 0 Å². The average molecular weight is 240 g/mol. The van der Waals surface area contributed by atoms with Gasteiger partial charge in [-0.1, -0.05) is 6.92 Å². The molecule has 0 saturated carbocycles. The quantitative estimate of drug-likeness (QED) is 0.767. The molecule has 100 valence electrons. The van der Waals surface area contributed by atoms with Crippen molar-refractivity contribution in [3.05, 3.63) is 0 Å². The van der Waals surface area contributed by atoms with Crippen molar-refractivity contribution in [1.29, 1.82) is 0 Å². The molecule has 2 heterocycles. The molecule has 1 N–H and O–H groups in total. The first-order chi connectivity index (χ1) is 8.38. The molecule has 0 radical (unpaired) electrons. The number of rotatable bonds is 6. The number of nitrogens with zero attached hydrogens (tertiary/aromatic N) is 1. The molecule has 2 atom stereocenters. The van der Waals surface area contributed by atoms with Gasteiger partial charge in [0.1, 0.15) is 0 Å². The Labute approximate surface area is 106 Å². The van der Waals surface area contributed by atoms with Gasteiger partial charge in [-0.2, -0.15) is 0 Å². The van der Waals surface area contributed by atoms with Crippen LogP contribution in [0.2, 0.25) is 0 Å². The summed E-state index contributed by atoms with van der Waals surface area (Å²) in [6.45, 7) is 9.35. The minimum atomic E-state index is 0.512. The van der Waals surface area contributed by atoms with Gasteiger partial charge in [0.2, 0.25) is 0 Å². The van der Waals surface area contributed by atoms with Crippen molar-refractivity contribution in [2.24, 2.45) is 5.92 Å². The van der Waals surface area contributed by atoms with Crippen LogP contribution in [0.15, 0.2) is 0 Å². The molecular formula is C14H28N2O. The van der Waals surface area contributed by atoms with Crippen molar-refractivity contribution in [3.63, 3.8) is 0 Å². The first kappa shape index (κ1) is 13.3. The first-order valence-electron chi connectivity index (χ1n) is 7.43. The van der Waals surface area contributed by atoms with E-state index < -0.39 is 0 Å². The molecule has 3 heteroatoms. The van der Waals surface area contributed by atoms with Crippen molar-refractivity contribution in [1.82, 2.24) is 10.2 Å². The van der Waals surface area contributed by atoms with E-state index in [9.17, 15) is 0 Å².